The number of fused-ring (bicyclic) bond motifs is 1. The van der Waals surface area contributed by atoms with Crippen molar-refractivity contribution in [3.63, 3.8) is 0 Å². The summed E-state index contributed by atoms with van der Waals surface area (Å²) in [6.07, 6.45) is -2.46. The fourth-order valence-electron chi connectivity index (χ4n) is 1.22. The van der Waals surface area contributed by atoms with Crippen molar-refractivity contribution in [2.45, 2.75) is 6.43 Å². The minimum absolute atomic E-state index is 0.0277. The van der Waals surface area contributed by atoms with E-state index >= 15 is 0 Å². The molecular formula is C9H5F2IOS. The lowest BCUT2D eigenvalue weighted by molar-refractivity contribution is 0.150. The average molecular weight is 326 g/mol. The molecule has 0 aliphatic rings. The van der Waals surface area contributed by atoms with Gasteiger partial charge in [0, 0.05) is 24.6 Å². The lowest BCUT2D eigenvalue weighted by Crippen LogP contribution is -1.87. The largest absolute Gasteiger partial charge is 0.506 e. The molecule has 74 valence electrons. The summed E-state index contributed by atoms with van der Waals surface area (Å²) < 4.78 is 26.2. The molecule has 0 fully saturated rings. The third kappa shape index (κ3) is 1.58. The molecule has 0 aliphatic carbocycles. The van der Waals surface area contributed by atoms with Crippen LogP contribution in [0.3, 0.4) is 0 Å². The Labute approximate surface area is 96.5 Å². The molecule has 0 amide bonds. The van der Waals surface area contributed by atoms with Gasteiger partial charge in [-0.2, -0.15) is 0 Å². The molecule has 1 N–H and O–H groups in total. The molecule has 0 spiro atoms. The van der Waals surface area contributed by atoms with Crippen LogP contribution in [0.1, 0.15) is 12.0 Å². The summed E-state index contributed by atoms with van der Waals surface area (Å²) >= 11 is 3.12. The summed E-state index contributed by atoms with van der Waals surface area (Å²) in [7, 11) is 0. The minimum atomic E-state index is -2.46. The number of aromatic hydroxyl groups is 1. The highest BCUT2D eigenvalue weighted by Crippen LogP contribution is 2.36. The topological polar surface area (TPSA) is 20.2 Å². The molecule has 0 atom stereocenters. The maximum absolute atomic E-state index is 12.5. The molecule has 1 nitrogen and oxygen atoms in total. The van der Waals surface area contributed by atoms with E-state index in [1.807, 2.05) is 22.6 Å². The lowest BCUT2D eigenvalue weighted by Gasteiger charge is -2.03. The lowest BCUT2D eigenvalue weighted by atomic mass is 10.2. The SMILES string of the molecule is Oc1csc2cc(C(F)F)c(I)cc12. The van der Waals surface area contributed by atoms with Gasteiger partial charge in [-0.05, 0) is 34.7 Å². The van der Waals surface area contributed by atoms with E-state index in [1.165, 1.54) is 17.4 Å². The molecule has 1 aromatic heterocycles. The maximum atomic E-state index is 12.5. The van der Waals surface area contributed by atoms with E-state index in [9.17, 15) is 13.9 Å². The summed E-state index contributed by atoms with van der Waals surface area (Å²) in [5, 5.41) is 11.6. The molecule has 0 radical (unpaired) electrons. The van der Waals surface area contributed by atoms with Crippen molar-refractivity contribution in [2.24, 2.45) is 0 Å². The van der Waals surface area contributed by atoms with Gasteiger partial charge < -0.3 is 5.11 Å². The van der Waals surface area contributed by atoms with Gasteiger partial charge in [0.15, 0.2) is 0 Å². The highest BCUT2D eigenvalue weighted by atomic mass is 127. The average Bonchev–Trinajstić information content (AvgIpc) is 2.46. The molecule has 2 rings (SSSR count). The van der Waals surface area contributed by atoms with E-state index in [4.69, 9.17) is 0 Å². The zero-order valence-electron chi connectivity index (χ0n) is 6.80. The molecule has 2 aromatic rings. The number of thiophene rings is 1. The number of halogens is 3. The first-order valence-electron chi connectivity index (χ1n) is 3.77. The first-order chi connectivity index (χ1) is 6.59. The van der Waals surface area contributed by atoms with Crippen LogP contribution in [-0.4, -0.2) is 5.11 Å². The molecule has 1 aromatic carbocycles. The summed E-state index contributed by atoms with van der Waals surface area (Å²) in [5.74, 6) is 0.156. The van der Waals surface area contributed by atoms with Crippen LogP contribution in [0.15, 0.2) is 17.5 Å². The summed E-state index contributed by atoms with van der Waals surface area (Å²) in [4.78, 5) is 0. The molecule has 0 aliphatic heterocycles. The Bertz CT molecular complexity index is 481. The van der Waals surface area contributed by atoms with Gasteiger partial charge in [0.2, 0.25) is 0 Å². The van der Waals surface area contributed by atoms with Gasteiger partial charge in [0.05, 0.1) is 0 Å². The van der Waals surface area contributed by atoms with Crippen molar-refractivity contribution in [3.05, 3.63) is 26.6 Å². The number of rotatable bonds is 1. The fourth-order valence-corrected chi connectivity index (χ4v) is 2.77. The second kappa shape index (κ2) is 3.62. The van der Waals surface area contributed by atoms with E-state index < -0.39 is 6.43 Å². The molecule has 0 saturated carbocycles. The second-order valence-corrected chi connectivity index (χ2v) is 4.86. The zero-order chi connectivity index (χ0) is 10.3. The third-order valence-corrected chi connectivity index (χ3v) is 3.77. The van der Waals surface area contributed by atoms with Crippen molar-refractivity contribution < 1.29 is 13.9 Å². The van der Waals surface area contributed by atoms with Crippen LogP contribution in [0, 0.1) is 3.57 Å². The second-order valence-electron chi connectivity index (χ2n) is 2.79. The molecule has 0 saturated heterocycles. The van der Waals surface area contributed by atoms with Crippen molar-refractivity contribution >= 4 is 44.0 Å². The van der Waals surface area contributed by atoms with E-state index in [-0.39, 0.29) is 11.3 Å². The smallest absolute Gasteiger partial charge is 0.264 e. The van der Waals surface area contributed by atoms with Gasteiger partial charge in [-0.1, -0.05) is 0 Å². The van der Waals surface area contributed by atoms with E-state index in [1.54, 1.807) is 11.4 Å². The summed E-state index contributed by atoms with van der Waals surface area (Å²) in [6.45, 7) is 0. The fraction of sp³-hybridized carbons (Fsp3) is 0.111. The Morgan fingerprint density at radius 3 is 2.71 bits per heavy atom. The van der Waals surface area contributed by atoms with E-state index in [0.29, 0.717) is 13.7 Å². The zero-order valence-corrected chi connectivity index (χ0v) is 9.77. The van der Waals surface area contributed by atoms with Crippen molar-refractivity contribution in [1.82, 2.24) is 0 Å². The van der Waals surface area contributed by atoms with Crippen LogP contribution in [0.4, 0.5) is 8.78 Å². The predicted octanol–water partition coefficient (Wildman–Crippen LogP) is 4.15. The summed E-state index contributed by atoms with van der Waals surface area (Å²) in [5.41, 5.74) is 0.0277. The van der Waals surface area contributed by atoms with Crippen LogP contribution in [-0.2, 0) is 0 Å². The third-order valence-electron chi connectivity index (χ3n) is 1.91. The number of benzene rings is 1. The number of alkyl halides is 2. The van der Waals surface area contributed by atoms with Crippen molar-refractivity contribution in [3.8, 4) is 5.75 Å². The molecule has 0 bridgehead atoms. The van der Waals surface area contributed by atoms with Gasteiger partial charge in [0.1, 0.15) is 5.75 Å². The van der Waals surface area contributed by atoms with Crippen LogP contribution in [0.2, 0.25) is 0 Å². The molecular weight excluding hydrogens is 321 g/mol. The standard InChI is InChI=1S/C9H5F2IOS/c10-9(11)4-2-8-5(1-6(4)12)7(13)3-14-8/h1-3,9,13H. The quantitative estimate of drug-likeness (QED) is 0.781. The highest BCUT2D eigenvalue weighted by molar-refractivity contribution is 14.1. The Kier molecular flexibility index (Phi) is 2.61. The van der Waals surface area contributed by atoms with Crippen molar-refractivity contribution in [2.75, 3.05) is 0 Å². The first kappa shape index (κ1) is 10.1. The first-order valence-corrected chi connectivity index (χ1v) is 5.73. The molecule has 0 unspecified atom stereocenters. The van der Waals surface area contributed by atoms with Gasteiger partial charge in [0.25, 0.3) is 6.43 Å². The minimum Gasteiger partial charge on any atom is -0.506 e. The Morgan fingerprint density at radius 2 is 2.07 bits per heavy atom. The van der Waals surface area contributed by atoms with E-state index in [0.717, 1.165) is 0 Å². The van der Waals surface area contributed by atoms with Gasteiger partial charge in [-0.15, -0.1) is 11.3 Å². The summed E-state index contributed by atoms with van der Waals surface area (Å²) in [6, 6.07) is 3.02. The van der Waals surface area contributed by atoms with Gasteiger partial charge >= 0.3 is 0 Å². The predicted molar refractivity (Wildman–Crippen MR) is 61.2 cm³/mol. The van der Waals surface area contributed by atoms with Gasteiger partial charge in [-0.3, -0.25) is 0 Å². The van der Waals surface area contributed by atoms with Crippen LogP contribution in [0.5, 0.6) is 5.75 Å². The molecule has 14 heavy (non-hydrogen) atoms. The van der Waals surface area contributed by atoms with Gasteiger partial charge in [-0.25, -0.2) is 8.78 Å². The van der Waals surface area contributed by atoms with Crippen molar-refractivity contribution in [1.29, 1.82) is 0 Å². The molecule has 1 heterocycles. The Hall–Kier alpha value is -0.430. The Balaban J connectivity index is 2.72. The van der Waals surface area contributed by atoms with Crippen LogP contribution < -0.4 is 0 Å². The monoisotopic (exact) mass is 326 g/mol. The highest BCUT2D eigenvalue weighted by Gasteiger charge is 2.14. The van der Waals surface area contributed by atoms with E-state index in [2.05, 4.69) is 0 Å². The number of hydrogen-bond acceptors (Lipinski definition) is 2. The van der Waals surface area contributed by atoms with Crippen LogP contribution in [0.25, 0.3) is 10.1 Å². The Morgan fingerprint density at radius 1 is 1.36 bits per heavy atom. The maximum Gasteiger partial charge on any atom is 0.264 e. The molecule has 5 heteroatoms. The number of hydrogen-bond donors (Lipinski definition) is 1. The normalized spacial score (nSPS) is 11.4. The van der Waals surface area contributed by atoms with Crippen LogP contribution >= 0.6 is 33.9 Å².